The first-order valence-electron chi connectivity index (χ1n) is 9.65. The van der Waals surface area contributed by atoms with Gasteiger partial charge < -0.3 is 14.8 Å². The molecule has 1 aliphatic heterocycles. The van der Waals surface area contributed by atoms with Crippen LogP contribution in [-0.4, -0.2) is 49.2 Å². The zero-order valence-corrected chi connectivity index (χ0v) is 15.2. The molecule has 1 aromatic carbocycles. The van der Waals surface area contributed by atoms with Crippen LogP contribution >= 0.6 is 0 Å². The Morgan fingerprint density at radius 1 is 1.16 bits per heavy atom. The molecule has 1 N–H and O–H groups in total. The highest BCUT2D eigenvalue weighted by Gasteiger charge is 2.24. The standard InChI is InChI=1S/C20H30N2O3/c1-2-22(14-20(23)21-16-9-5-3-4-6-10-16)13-17-15-24-18-11-7-8-12-19(18)25-17/h7-8,11-12,16-17H,2-6,9-10,13-15H2,1H3,(H,21,23). The van der Waals surface area contributed by atoms with E-state index >= 15 is 0 Å². The predicted octanol–water partition coefficient (Wildman–Crippen LogP) is 2.99. The minimum atomic E-state index is -0.0412. The number of hydrogen-bond acceptors (Lipinski definition) is 4. The molecule has 1 aliphatic carbocycles. The molecular formula is C20H30N2O3. The molecule has 1 atom stereocenters. The molecule has 0 saturated heterocycles. The maximum atomic E-state index is 12.4. The molecule has 138 valence electrons. The highest BCUT2D eigenvalue weighted by atomic mass is 16.6. The predicted molar refractivity (Wildman–Crippen MR) is 98.1 cm³/mol. The quantitative estimate of drug-likeness (QED) is 0.805. The summed E-state index contributed by atoms with van der Waals surface area (Å²) in [5.74, 6) is 1.72. The van der Waals surface area contributed by atoms with Gasteiger partial charge in [0.2, 0.25) is 5.91 Å². The van der Waals surface area contributed by atoms with Crippen molar-refractivity contribution in [3.8, 4) is 11.5 Å². The van der Waals surface area contributed by atoms with E-state index in [0.29, 0.717) is 25.7 Å². The van der Waals surface area contributed by atoms with Crippen molar-refractivity contribution in [3.05, 3.63) is 24.3 Å². The van der Waals surface area contributed by atoms with Gasteiger partial charge in [0, 0.05) is 12.6 Å². The van der Waals surface area contributed by atoms with E-state index in [9.17, 15) is 4.79 Å². The Kier molecular flexibility index (Phi) is 6.56. The number of ether oxygens (including phenoxy) is 2. The SMILES string of the molecule is CCN(CC(=O)NC1CCCCCC1)CC1COc2ccccc2O1. The highest BCUT2D eigenvalue weighted by molar-refractivity contribution is 5.78. The summed E-state index contributed by atoms with van der Waals surface area (Å²) in [5, 5.41) is 3.22. The van der Waals surface area contributed by atoms with E-state index in [-0.39, 0.29) is 12.0 Å². The number of para-hydroxylation sites is 2. The van der Waals surface area contributed by atoms with Crippen molar-refractivity contribution in [2.75, 3.05) is 26.2 Å². The van der Waals surface area contributed by atoms with E-state index in [1.54, 1.807) is 0 Å². The van der Waals surface area contributed by atoms with Crippen LogP contribution < -0.4 is 14.8 Å². The van der Waals surface area contributed by atoms with E-state index in [4.69, 9.17) is 9.47 Å². The van der Waals surface area contributed by atoms with Gasteiger partial charge in [-0.05, 0) is 31.5 Å². The molecule has 3 rings (SSSR count). The van der Waals surface area contributed by atoms with Crippen molar-refractivity contribution in [1.82, 2.24) is 10.2 Å². The molecule has 0 bridgehead atoms. The van der Waals surface area contributed by atoms with Crippen molar-refractivity contribution >= 4 is 5.91 Å². The Bertz CT molecular complexity index is 556. The lowest BCUT2D eigenvalue weighted by Crippen LogP contribution is -2.46. The van der Waals surface area contributed by atoms with Crippen LogP contribution in [0, 0.1) is 0 Å². The van der Waals surface area contributed by atoms with E-state index < -0.39 is 0 Å². The normalized spacial score (nSPS) is 21.0. The van der Waals surface area contributed by atoms with Gasteiger partial charge in [0.1, 0.15) is 12.7 Å². The Labute approximate surface area is 150 Å². The molecule has 2 aliphatic rings. The Morgan fingerprint density at radius 3 is 2.60 bits per heavy atom. The smallest absolute Gasteiger partial charge is 0.234 e. The number of fused-ring (bicyclic) bond motifs is 1. The minimum Gasteiger partial charge on any atom is -0.486 e. The lowest BCUT2D eigenvalue weighted by atomic mass is 10.1. The Hall–Kier alpha value is -1.75. The molecule has 5 heteroatoms. The van der Waals surface area contributed by atoms with Crippen molar-refractivity contribution in [2.24, 2.45) is 0 Å². The van der Waals surface area contributed by atoms with Crippen LogP contribution in [0.2, 0.25) is 0 Å². The van der Waals surface area contributed by atoms with Crippen molar-refractivity contribution in [2.45, 2.75) is 57.6 Å². The van der Waals surface area contributed by atoms with Gasteiger partial charge in [-0.3, -0.25) is 9.69 Å². The van der Waals surface area contributed by atoms with Crippen LogP contribution in [0.3, 0.4) is 0 Å². The van der Waals surface area contributed by atoms with Gasteiger partial charge in [-0.15, -0.1) is 0 Å². The number of likely N-dealkylation sites (N-methyl/N-ethyl adjacent to an activating group) is 1. The first-order valence-corrected chi connectivity index (χ1v) is 9.65. The molecule has 1 amide bonds. The summed E-state index contributed by atoms with van der Waals surface area (Å²) in [5.41, 5.74) is 0. The Morgan fingerprint density at radius 2 is 1.88 bits per heavy atom. The molecule has 1 heterocycles. The van der Waals surface area contributed by atoms with Crippen molar-refractivity contribution in [1.29, 1.82) is 0 Å². The second kappa shape index (κ2) is 9.09. The average Bonchev–Trinajstić information content (AvgIpc) is 2.89. The lowest BCUT2D eigenvalue weighted by Gasteiger charge is -2.30. The number of amides is 1. The minimum absolute atomic E-state index is 0.0412. The van der Waals surface area contributed by atoms with Gasteiger partial charge in [0.25, 0.3) is 0 Å². The maximum Gasteiger partial charge on any atom is 0.234 e. The summed E-state index contributed by atoms with van der Waals surface area (Å²) >= 11 is 0. The van der Waals surface area contributed by atoms with Crippen LogP contribution in [0.1, 0.15) is 45.4 Å². The lowest BCUT2D eigenvalue weighted by molar-refractivity contribution is -0.123. The third-order valence-corrected chi connectivity index (χ3v) is 5.06. The molecule has 0 aromatic heterocycles. The van der Waals surface area contributed by atoms with Crippen LogP contribution in [-0.2, 0) is 4.79 Å². The number of rotatable bonds is 6. The topological polar surface area (TPSA) is 50.8 Å². The van der Waals surface area contributed by atoms with Crippen LogP contribution in [0.4, 0.5) is 0 Å². The van der Waals surface area contributed by atoms with Crippen LogP contribution in [0.5, 0.6) is 11.5 Å². The zero-order valence-electron chi connectivity index (χ0n) is 15.2. The number of nitrogens with one attached hydrogen (secondary N) is 1. The fourth-order valence-corrected chi connectivity index (χ4v) is 3.65. The summed E-state index contributed by atoms with van der Waals surface area (Å²) in [6.07, 6.45) is 7.26. The summed E-state index contributed by atoms with van der Waals surface area (Å²) in [6.45, 7) is 4.55. The van der Waals surface area contributed by atoms with Crippen LogP contribution in [0.15, 0.2) is 24.3 Å². The van der Waals surface area contributed by atoms with Crippen LogP contribution in [0.25, 0.3) is 0 Å². The van der Waals surface area contributed by atoms with E-state index in [1.807, 2.05) is 24.3 Å². The number of nitrogens with zero attached hydrogens (tertiary/aromatic N) is 1. The molecule has 0 spiro atoms. The number of benzene rings is 1. The molecule has 1 saturated carbocycles. The fourth-order valence-electron chi connectivity index (χ4n) is 3.65. The second-order valence-electron chi connectivity index (χ2n) is 7.08. The van der Waals surface area contributed by atoms with Gasteiger partial charge in [-0.2, -0.15) is 0 Å². The first kappa shape index (κ1) is 18.1. The molecule has 5 nitrogen and oxygen atoms in total. The average molecular weight is 346 g/mol. The van der Waals surface area contributed by atoms with E-state index in [1.165, 1.54) is 25.7 Å². The van der Waals surface area contributed by atoms with E-state index in [2.05, 4.69) is 17.1 Å². The second-order valence-corrected chi connectivity index (χ2v) is 7.08. The van der Waals surface area contributed by atoms with E-state index in [0.717, 1.165) is 30.9 Å². The molecule has 25 heavy (non-hydrogen) atoms. The molecule has 0 radical (unpaired) electrons. The van der Waals surface area contributed by atoms with Crippen molar-refractivity contribution < 1.29 is 14.3 Å². The van der Waals surface area contributed by atoms with Gasteiger partial charge in [0.05, 0.1) is 6.54 Å². The molecular weight excluding hydrogens is 316 g/mol. The monoisotopic (exact) mass is 346 g/mol. The number of carbonyl (C=O) groups is 1. The first-order chi connectivity index (χ1) is 12.2. The zero-order chi connectivity index (χ0) is 17.5. The molecule has 1 unspecified atom stereocenters. The van der Waals surface area contributed by atoms with Gasteiger partial charge in [0.15, 0.2) is 11.5 Å². The number of carbonyl (C=O) groups excluding carboxylic acids is 1. The summed E-state index contributed by atoms with van der Waals surface area (Å²) in [4.78, 5) is 14.5. The summed E-state index contributed by atoms with van der Waals surface area (Å²) in [7, 11) is 0. The third kappa shape index (κ3) is 5.36. The summed E-state index contributed by atoms with van der Waals surface area (Å²) < 4.78 is 11.8. The van der Waals surface area contributed by atoms with Gasteiger partial charge in [-0.1, -0.05) is 44.7 Å². The third-order valence-electron chi connectivity index (χ3n) is 5.06. The van der Waals surface area contributed by atoms with Gasteiger partial charge in [-0.25, -0.2) is 0 Å². The summed E-state index contributed by atoms with van der Waals surface area (Å²) in [6, 6.07) is 8.09. The largest absolute Gasteiger partial charge is 0.486 e. The number of hydrogen-bond donors (Lipinski definition) is 1. The fraction of sp³-hybridized carbons (Fsp3) is 0.650. The van der Waals surface area contributed by atoms with Crippen molar-refractivity contribution in [3.63, 3.8) is 0 Å². The molecule has 1 fully saturated rings. The molecule has 1 aromatic rings. The van der Waals surface area contributed by atoms with Gasteiger partial charge >= 0.3 is 0 Å². The highest BCUT2D eigenvalue weighted by Crippen LogP contribution is 2.31. The maximum absolute atomic E-state index is 12.4. The Balaban J connectivity index is 1.46.